The van der Waals surface area contributed by atoms with E-state index < -0.39 is 55.5 Å². The van der Waals surface area contributed by atoms with Crippen LogP contribution in [0.25, 0.3) is 0 Å². The summed E-state index contributed by atoms with van der Waals surface area (Å²) in [5.74, 6) is 3.56. The van der Waals surface area contributed by atoms with Gasteiger partial charge in [-0.25, -0.2) is 20.2 Å². The molecule has 3 atom stereocenters. The van der Waals surface area contributed by atoms with E-state index in [0.29, 0.717) is 4.57 Å². The van der Waals surface area contributed by atoms with Crippen molar-refractivity contribution in [3.63, 3.8) is 0 Å². The van der Waals surface area contributed by atoms with Crippen molar-refractivity contribution in [1.82, 2.24) is 14.6 Å². The summed E-state index contributed by atoms with van der Waals surface area (Å²) in [5, 5.41) is 3.64. The molecule has 0 aromatic carbocycles. The highest BCUT2D eigenvalue weighted by Gasteiger charge is 2.63. The molecule has 1 aliphatic carbocycles. The third kappa shape index (κ3) is 7.57. The molecule has 2 heterocycles. The van der Waals surface area contributed by atoms with E-state index in [1.807, 2.05) is 5.92 Å². The molecule has 2 fully saturated rings. The minimum Gasteiger partial charge on any atom is -0.465 e. The van der Waals surface area contributed by atoms with Gasteiger partial charge in [0.15, 0.2) is 6.61 Å². The average Bonchev–Trinajstić information content (AvgIpc) is 3.53. The highest BCUT2D eigenvalue weighted by Crippen LogP contribution is 2.44. The average molecular weight is 571 g/mol. The smallest absolute Gasteiger partial charge is 0.465 e. The molecule has 218 valence electrons. The number of terminal acetylenes is 1. The normalized spacial score (nSPS) is 22.1. The number of halogens is 2. The van der Waals surface area contributed by atoms with E-state index in [-0.39, 0.29) is 30.6 Å². The first-order valence-electron chi connectivity index (χ1n) is 11.9. The highest BCUT2D eigenvalue weighted by molar-refractivity contribution is 5.83. The first-order valence-corrected chi connectivity index (χ1v) is 11.9. The van der Waals surface area contributed by atoms with Crippen LogP contribution >= 0.6 is 0 Å². The Kier molecular flexibility index (Phi) is 10.2. The van der Waals surface area contributed by atoms with Crippen LogP contribution in [-0.4, -0.2) is 77.3 Å². The summed E-state index contributed by atoms with van der Waals surface area (Å²) in [4.78, 5) is 50.5. The van der Waals surface area contributed by atoms with Gasteiger partial charge in [0, 0.05) is 18.4 Å². The first kappa shape index (κ1) is 30.1. The zero-order chi connectivity index (χ0) is 29.3. The summed E-state index contributed by atoms with van der Waals surface area (Å²) in [6, 6.07) is 1.17. The molecule has 40 heavy (non-hydrogen) atoms. The second-order valence-corrected chi connectivity index (χ2v) is 8.71. The predicted molar refractivity (Wildman–Crippen MR) is 130 cm³/mol. The minimum absolute atomic E-state index is 0.0269. The van der Waals surface area contributed by atoms with Crippen molar-refractivity contribution in [2.75, 3.05) is 25.1 Å². The van der Waals surface area contributed by atoms with Crippen molar-refractivity contribution in [3.05, 3.63) is 34.6 Å². The van der Waals surface area contributed by atoms with E-state index in [1.54, 1.807) is 0 Å². The molecule has 1 saturated heterocycles. The Balaban J connectivity index is 1.65. The molecule has 2 aliphatic rings. The number of rotatable bonds is 11. The van der Waals surface area contributed by atoms with Crippen molar-refractivity contribution in [2.45, 2.75) is 56.1 Å². The highest BCUT2D eigenvalue weighted by atomic mass is 19.3. The van der Waals surface area contributed by atoms with Crippen LogP contribution in [0.3, 0.4) is 0 Å². The zero-order valence-electron chi connectivity index (χ0n) is 21.1. The van der Waals surface area contributed by atoms with E-state index in [4.69, 9.17) is 27.5 Å². The Labute approximate surface area is 226 Å². The lowest BCUT2D eigenvalue weighted by Gasteiger charge is -2.23. The molecule has 1 amide bonds. The van der Waals surface area contributed by atoms with Crippen LogP contribution in [0.2, 0.25) is 0 Å². The van der Waals surface area contributed by atoms with E-state index in [2.05, 4.69) is 24.5 Å². The van der Waals surface area contributed by atoms with Gasteiger partial charge in [0.05, 0.1) is 5.70 Å². The number of hydrazine groups is 1. The van der Waals surface area contributed by atoms with E-state index in [1.165, 1.54) is 11.2 Å². The largest absolute Gasteiger partial charge is 0.509 e. The number of amides is 1. The summed E-state index contributed by atoms with van der Waals surface area (Å²) >= 11 is 0. The van der Waals surface area contributed by atoms with E-state index in [9.17, 15) is 19.2 Å². The maximum Gasteiger partial charge on any atom is 0.509 e. The Morgan fingerprint density at radius 2 is 2.08 bits per heavy atom. The fraction of sp³-hybridized carbons (Fsp3) is 0.522. The van der Waals surface area contributed by atoms with Crippen LogP contribution < -0.4 is 22.6 Å². The molecule has 3 rings (SSSR count). The third-order valence-corrected chi connectivity index (χ3v) is 5.92. The van der Waals surface area contributed by atoms with Crippen molar-refractivity contribution in [3.8, 4) is 12.3 Å². The van der Waals surface area contributed by atoms with Crippen LogP contribution in [0.1, 0.15) is 31.9 Å². The van der Waals surface area contributed by atoms with Gasteiger partial charge in [-0.05, 0) is 18.9 Å². The minimum atomic E-state index is -4.02. The molecule has 1 unspecified atom stereocenters. The standard InChI is InChI=1S/C23H28F2N6O9/c1-2-9-37-22(35)40-18-16(12-36-13-32)39-19(23(18,24)25)30-8-7-17(28-20(30)33)29-21(34)38-11-14(26)10-31(27)15-5-3-4-6-15/h1,7-8,10,13,15-16,18-19H,3-6,9,11-12,26-27H2,(H,28,29,33,34)/b14-10-/t16?,18-,19+/m0/s1. The van der Waals surface area contributed by atoms with Gasteiger partial charge in [-0.2, -0.15) is 13.8 Å². The van der Waals surface area contributed by atoms with Crippen LogP contribution in [0.4, 0.5) is 24.2 Å². The molecule has 0 spiro atoms. The van der Waals surface area contributed by atoms with Gasteiger partial charge < -0.3 is 34.4 Å². The summed E-state index contributed by atoms with van der Waals surface area (Å²) in [6.07, 6.45) is 2.36. The quantitative estimate of drug-likeness (QED) is 0.0834. The number of carbonyl (C=O) groups excluding carboxylic acids is 3. The molecule has 1 saturated carbocycles. The van der Waals surface area contributed by atoms with Gasteiger partial charge in [0.2, 0.25) is 12.3 Å². The lowest BCUT2D eigenvalue weighted by molar-refractivity contribution is -0.146. The molecule has 5 N–H and O–H groups in total. The van der Waals surface area contributed by atoms with Crippen molar-refractivity contribution in [1.29, 1.82) is 0 Å². The number of nitrogens with zero attached hydrogens (tertiary/aromatic N) is 3. The Hall–Kier alpha value is -4.43. The number of anilines is 1. The summed E-state index contributed by atoms with van der Waals surface area (Å²) < 4.78 is 54.6. The second-order valence-electron chi connectivity index (χ2n) is 8.71. The third-order valence-electron chi connectivity index (χ3n) is 5.92. The number of nitrogens with two attached hydrogens (primary N) is 2. The first-order chi connectivity index (χ1) is 19.1. The van der Waals surface area contributed by atoms with Gasteiger partial charge in [-0.15, -0.1) is 6.42 Å². The second kappa shape index (κ2) is 13.6. The molecule has 15 nitrogen and oxygen atoms in total. The molecule has 17 heteroatoms. The van der Waals surface area contributed by atoms with Crippen LogP contribution in [0.5, 0.6) is 0 Å². The maximum atomic E-state index is 15.2. The number of hydrogen-bond donors (Lipinski definition) is 3. The summed E-state index contributed by atoms with van der Waals surface area (Å²) in [7, 11) is 0. The van der Waals surface area contributed by atoms with Crippen molar-refractivity contribution < 1.29 is 46.8 Å². The lowest BCUT2D eigenvalue weighted by atomic mass is 10.1. The van der Waals surface area contributed by atoms with Gasteiger partial charge in [0.1, 0.15) is 25.1 Å². The number of carbonyl (C=O) groups is 3. The predicted octanol–water partition coefficient (Wildman–Crippen LogP) is 0.571. The number of hydrogen-bond acceptors (Lipinski definition) is 13. The number of alkyl halides is 2. The topological polar surface area (TPSA) is 200 Å². The maximum absolute atomic E-state index is 15.2. The molecular formula is C23H28F2N6O9. The monoisotopic (exact) mass is 570 g/mol. The van der Waals surface area contributed by atoms with E-state index >= 15 is 8.78 Å². The fourth-order valence-corrected chi connectivity index (χ4v) is 4.11. The summed E-state index contributed by atoms with van der Waals surface area (Å²) in [6.45, 7) is -1.63. The van der Waals surface area contributed by atoms with Crippen LogP contribution in [-0.2, 0) is 28.5 Å². The molecule has 1 aliphatic heterocycles. The number of aromatic nitrogens is 2. The summed E-state index contributed by atoms with van der Waals surface area (Å²) in [5.41, 5.74) is 4.74. The van der Waals surface area contributed by atoms with Crippen LogP contribution in [0.15, 0.2) is 29.0 Å². The van der Waals surface area contributed by atoms with Gasteiger partial charge in [-0.1, -0.05) is 18.8 Å². The van der Waals surface area contributed by atoms with Crippen LogP contribution in [0, 0.1) is 12.3 Å². The molecular weight excluding hydrogens is 542 g/mol. The van der Waals surface area contributed by atoms with Crippen molar-refractivity contribution >= 4 is 24.5 Å². The fourth-order valence-electron chi connectivity index (χ4n) is 4.11. The lowest BCUT2D eigenvalue weighted by Crippen LogP contribution is -2.44. The number of ether oxygens (including phenoxy) is 5. The molecule has 0 radical (unpaired) electrons. The Morgan fingerprint density at radius 1 is 1.35 bits per heavy atom. The molecule has 1 aromatic rings. The van der Waals surface area contributed by atoms with Gasteiger partial charge >= 0.3 is 23.9 Å². The van der Waals surface area contributed by atoms with Gasteiger partial charge in [0.25, 0.3) is 6.47 Å². The van der Waals surface area contributed by atoms with Gasteiger partial charge in [-0.3, -0.25) is 14.7 Å². The molecule has 1 aromatic heterocycles. The Bertz CT molecular complexity index is 1200. The SMILES string of the molecule is C#CCOC(=O)O[C@H]1C(COC=O)O[C@@H](n2ccc(NC(=O)OC/C(N)=C/N(N)C3CCCC3)nc2=O)C1(F)F. The zero-order valence-corrected chi connectivity index (χ0v) is 21.1. The number of nitrogens with one attached hydrogen (secondary N) is 1. The molecule has 0 bridgehead atoms. The van der Waals surface area contributed by atoms with E-state index in [0.717, 1.165) is 37.9 Å². The van der Waals surface area contributed by atoms with Crippen molar-refractivity contribution in [2.24, 2.45) is 11.6 Å². The Morgan fingerprint density at radius 3 is 2.73 bits per heavy atom.